The summed E-state index contributed by atoms with van der Waals surface area (Å²) < 4.78 is 0. The topological polar surface area (TPSA) is 68.2 Å². The molecule has 2 aliphatic heterocycles. The zero-order chi connectivity index (χ0) is 9.26. The van der Waals surface area contributed by atoms with Crippen molar-refractivity contribution in [1.29, 1.82) is 5.26 Å². The number of nitriles is 1. The van der Waals surface area contributed by atoms with Crippen molar-refractivity contribution in [2.45, 2.75) is 6.42 Å². The van der Waals surface area contributed by atoms with Gasteiger partial charge in [0.1, 0.15) is 11.9 Å². The number of carbonyl (C=O) groups excluding carboxylic acids is 1. The molecule has 0 aromatic rings. The number of fused-ring (bicyclic) bond motifs is 1. The average Bonchev–Trinajstić information content (AvgIpc) is 2.53. The average molecular weight is 178 g/mol. The second-order valence-electron chi connectivity index (χ2n) is 3.05. The highest BCUT2D eigenvalue weighted by molar-refractivity contribution is 5.79. The molecule has 1 amide bonds. The summed E-state index contributed by atoms with van der Waals surface area (Å²) in [6, 6.07) is 1.99. The second kappa shape index (κ2) is 2.98. The van der Waals surface area contributed by atoms with E-state index in [1.807, 2.05) is 11.0 Å². The van der Waals surface area contributed by atoms with Crippen molar-refractivity contribution in [3.05, 3.63) is 11.5 Å². The van der Waals surface area contributed by atoms with E-state index in [1.54, 1.807) is 0 Å². The van der Waals surface area contributed by atoms with Crippen molar-refractivity contribution in [1.82, 2.24) is 15.5 Å². The lowest BCUT2D eigenvalue weighted by molar-refractivity contribution is -0.120. The Kier molecular flexibility index (Phi) is 1.81. The molecule has 2 aliphatic rings. The van der Waals surface area contributed by atoms with Gasteiger partial charge in [-0.1, -0.05) is 0 Å². The van der Waals surface area contributed by atoms with Gasteiger partial charge in [-0.3, -0.25) is 4.79 Å². The van der Waals surface area contributed by atoms with Gasteiger partial charge in [-0.25, -0.2) is 0 Å². The highest BCUT2D eigenvalue weighted by Gasteiger charge is 2.25. The first-order valence-electron chi connectivity index (χ1n) is 4.24. The van der Waals surface area contributed by atoms with E-state index in [9.17, 15) is 4.79 Å². The van der Waals surface area contributed by atoms with E-state index >= 15 is 0 Å². The molecule has 0 unspecified atom stereocenters. The van der Waals surface area contributed by atoms with Gasteiger partial charge in [0.15, 0.2) is 5.70 Å². The Morgan fingerprint density at radius 3 is 3.08 bits per heavy atom. The maximum atomic E-state index is 11.1. The Labute approximate surface area is 76.0 Å². The third-order valence-corrected chi connectivity index (χ3v) is 2.21. The lowest BCUT2D eigenvalue weighted by Gasteiger charge is -2.15. The molecule has 0 spiro atoms. The van der Waals surface area contributed by atoms with Crippen molar-refractivity contribution in [2.75, 3.05) is 19.6 Å². The second-order valence-corrected chi connectivity index (χ2v) is 3.05. The fraction of sp³-hybridized carbons (Fsp3) is 0.500. The van der Waals surface area contributed by atoms with Gasteiger partial charge < -0.3 is 15.5 Å². The van der Waals surface area contributed by atoms with Gasteiger partial charge in [0, 0.05) is 26.1 Å². The molecule has 0 saturated carbocycles. The number of amides is 1. The summed E-state index contributed by atoms with van der Waals surface area (Å²) in [7, 11) is 0. The molecule has 0 aliphatic carbocycles. The SMILES string of the molecule is N#CC1=C2NCCN2CCC(=O)N1. The largest absolute Gasteiger partial charge is 0.368 e. The van der Waals surface area contributed by atoms with Crippen LogP contribution in [0.1, 0.15) is 6.42 Å². The highest BCUT2D eigenvalue weighted by Crippen LogP contribution is 2.13. The fourth-order valence-corrected chi connectivity index (χ4v) is 1.58. The van der Waals surface area contributed by atoms with Crippen LogP contribution in [0.15, 0.2) is 11.5 Å². The van der Waals surface area contributed by atoms with E-state index in [4.69, 9.17) is 5.26 Å². The normalized spacial score (nSPS) is 21.5. The van der Waals surface area contributed by atoms with E-state index in [2.05, 4.69) is 10.6 Å². The predicted octanol–water partition coefficient (Wildman–Crippen LogP) is -0.896. The number of nitrogens with one attached hydrogen (secondary N) is 2. The molecule has 0 radical (unpaired) electrons. The number of hydrogen-bond acceptors (Lipinski definition) is 4. The molecular formula is C8H10N4O. The fourth-order valence-electron chi connectivity index (χ4n) is 1.58. The van der Waals surface area contributed by atoms with E-state index in [1.165, 1.54) is 0 Å². The minimum absolute atomic E-state index is 0.0831. The number of carbonyl (C=O) groups is 1. The summed E-state index contributed by atoms with van der Waals surface area (Å²) >= 11 is 0. The molecule has 68 valence electrons. The third kappa shape index (κ3) is 1.31. The molecule has 2 rings (SSSR count). The van der Waals surface area contributed by atoms with Crippen molar-refractivity contribution in [2.24, 2.45) is 0 Å². The van der Waals surface area contributed by atoms with Crippen LogP contribution in [-0.2, 0) is 4.79 Å². The molecule has 1 fully saturated rings. The third-order valence-electron chi connectivity index (χ3n) is 2.21. The maximum absolute atomic E-state index is 11.1. The van der Waals surface area contributed by atoms with Crippen LogP contribution in [-0.4, -0.2) is 30.4 Å². The lowest BCUT2D eigenvalue weighted by atomic mass is 10.4. The van der Waals surface area contributed by atoms with E-state index in [0.29, 0.717) is 18.7 Å². The van der Waals surface area contributed by atoms with Gasteiger partial charge in [-0.05, 0) is 0 Å². The number of allylic oxidation sites excluding steroid dienone is 1. The van der Waals surface area contributed by atoms with Crippen molar-refractivity contribution >= 4 is 5.91 Å². The highest BCUT2D eigenvalue weighted by atomic mass is 16.1. The first-order valence-corrected chi connectivity index (χ1v) is 4.24. The summed E-state index contributed by atoms with van der Waals surface area (Å²) in [5.41, 5.74) is 0.347. The van der Waals surface area contributed by atoms with Crippen LogP contribution in [0.4, 0.5) is 0 Å². The Hall–Kier alpha value is -1.70. The van der Waals surface area contributed by atoms with Crippen LogP contribution in [0, 0.1) is 11.3 Å². The molecule has 0 atom stereocenters. The molecule has 1 saturated heterocycles. The minimum atomic E-state index is -0.0831. The molecule has 0 aromatic heterocycles. The zero-order valence-corrected chi connectivity index (χ0v) is 7.13. The molecule has 5 nitrogen and oxygen atoms in total. The van der Waals surface area contributed by atoms with Crippen LogP contribution in [0.25, 0.3) is 0 Å². The van der Waals surface area contributed by atoms with Crippen LogP contribution in [0.2, 0.25) is 0 Å². The van der Waals surface area contributed by atoms with E-state index in [-0.39, 0.29) is 5.91 Å². The molecular weight excluding hydrogens is 168 g/mol. The molecule has 5 heteroatoms. The Bertz CT molecular complexity index is 315. The van der Waals surface area contributed by atoms with Gasteiger partial charge in [-0.15, -0.1) is 0 Å². The maximum Gasteiger partial charge on any atom is 0.226 e. The van der Waals surface area contributed by atoms with Crippen LogP contribution in [0.5, 0.6) is 0 Å². The predicted molar refractivity (Wildman–Crippen MR) is 45.0 cm³/mol. The van der Waals surface area contributed by atoms with Crippen LogP contribution < -0.4 is 10.6 Å². The molecule has 0 aromatic carbocycles. The monoisotopic (exact) mass is 178 g/mol. The molecule has 13 heavy (non-hydrogen) atoms. The summed E-state index contributed by atoms with van der Waals surface area (Å²) in [6.07, 6.45) is 0.455. The summed E-state index contributed by atoms with van der Waals surface area (Å²) in [4.78, 5) is 13.2. The number of hydrogen-bond donors (Lipinski definition) is 2. The smallest absolute Gasteiger partial charge is 0.226 e. The summed E-state index contributed by atoms with van der Waals surface area (Å²) in [5, 5.41) is 14.5. The lowest BCUT2D eigenvalue weighted by Crippen LogP contribution is -2.23. The first-order chi connectivity index (χ1) is 6.31. The minimum Gasteiger partial charge on any atom is -0.368 e. The first kappa shape index (κ1) is 7.92. The van der Waals surface area contributed by atoms with Crippen molar-refractivity contribution < 1.29 is 4.79 Å². The zero-order valence-electron chi connectivity index (χ0n) is 7.13. The van der Waals surface area contributed by atoms with Gasteiger partial charge in [0.2, 0.25) is 5.91 Å². The molecule has 2 heterocycles. The van der Waals surface area contributed by atoms with Crippen molar-refractivity contribution in [3.8, 4) is 6.07 Å². The van der Waals surface area contributed by atoms with E-state index in [0.717, 1.165) is 18.9 Å². The van der Waals surface area contributed by atoms with Crippen LogP contribution in [0.3, 0.4) is 0 Å². The molecule has 0 bridgehead atoms. The quantitative estimate of drug-likeness (QED) is 0.504. The Morgan fingerprint density at radius 1 is 1.46 bits per heavy atom. The van der Waals surface area contributed by atoms with Crippen molar-refractivity contribution in [3.63, 3.8) is 0 Å². The van der Waals surface area contributed by atoms with Gasteiger partial charge in [0.25, 0.3) is 0 Å². The van der Waals surface area contributed by atoms with Crippen LogP contribution >= 0.6 is 0 Å². The van der Waals surface area contributed by atoms with Gasteiger partial charge in [0.05, 0.1) is 0 Å². The summed E-state index contributed by atoms with van der Waals surface area (Å²) in [6.45, 7) is 2.41. The Morgan fingerprint density at radius 2 is 2.31 bits per heavy atom. The van der Waals surface area contributed by atoms with Gasteiger partial charge in [-0.2, -0.15) is 5.26 Å². The summed E-state index contributed by atoms with van der Waals surface area (Å²) in [5.74, 6) is 0.689. The standard InChI is InChI=1S/C8H10N4O/c9-5-6-8-10-2-4-12(8)3-1-7(13)11-6/h10H,1-4H2,(H,11,13). The number of nitrogens with zero attached hydrogens (tertiary/aromatic N) is 2. The van der Waals surface area contributed by atoms with E-state index < -0.39 is 0 Å². The number of rotatable bonds is 0. The molecule has 2 N–H and O–H groups in total. The Balaban J connectivity index is 2.33. The van der Waals surface area contributed by atoms with Gasteiger partial charge >= 0.3 is 0 Å².